The van der Waals surface area contributed by atoms with Crippen LogP contribution >= 0.6 is 0 Å². The highest BCUT2D eigenvalue weighted by Gasteiger charge is 2.35. The number of carbonyl (C=O) groups is 1. The largest absolute Gasteiger partial charge is 0.486 e. The maximum absolute atomic E-state index is 13.3. The minimum Gasteiger partial charge on any atom is -0.486 e. The van der Waals surface area contributed by atoms with Gasteiger partial charge in [0.2, 0.25) is 5.91 Å². The fourth-order valence-corrected chi connectivity index (χ4v) is 2.75. The lowest BCUT2D eigenvalue weighted by Gasteiger charge is -2.21. The van der Waals surface area contributed by atoms with E-state index in [4.69, 9.17) is 9.47 Å². The molecule has 1 amide bonds. The zero-order valence-corrected chi connectivity index (χ0v) is 14.5. The number of hydrogen-bond acceptors (Lipinski definition) is 3. The van der Waals surface area contributed by atoms with Crippen LogP contribution in [0.5, 0.6) is 11.5 Å². The quantitative estimate of drug-likeness (QED) is 0.809. The van der Waals surface area contributed by atoms with Crippen LogP contribution in [0.15, 0.2) is 54.6 Å². The summed E-state index contributed by atoms with van der Waals surface area (Å²) in [5, 5.41) is 2.56. The molecule has 7 heteroatoms. The number of fused-ring (bicyclic) bond motifs is 1. The van der Waals surface area contributed by atoms with E-state index in [1.807, 2.05) is 0 Å². The van der Waals surface area contributed by atoms with E-state index in [0.717, 1.165) is 0 Å². The van der Waals surface area contributed by atoms with Crippen LogP contribution in [0.2, 0.25) is 0 Å². The number of alkyl halides is 3. The van der Waals surface area contributed by atoms with Crippen molar-refractivity contribution in [2.75, 3.05) is 13.2 Å². The minimum absolute atomic E-state index is 0.0628. The zero-order valence-electron chi connectivity index (χ0n) is 14.5. The van der Waals surface area contributed by atoms with Crippen molar-refractivity contribution in [3.05, 3.63) is 65.7 Å². The Labute approximate surface area is 154 Å². The van der Waals surface area contributed by atoms with Gasteiger partial charge in [-0.25, -0.2) is 0 Å². The van der Waals surface area contributed by atoms with Gasteiger partial charge in [0, 0.05) is 6.08 Å². The fraction of sp³-hybridized carbons (Fsp3) is 0.250. The number of allylic oxidation sites excluding steroid dienone is 1. The van der Waals surface area contributed by atoms with Crippen LogP contribution in [0.25, 0.3) is 5.57 Å². The van der Waals surface area contributed by atoms with E-state index >= 15 is 0 Å². The average Bonchev–Trinajstić information content (AvgIpc) is 2.65. The number of benzene rings is 2. The highest BCUT2D eigenvalue weighted by atomic mass is 19.4. The molecule has 1 aliphatic heterocycles. The van der Waals surface area contributed by atoms with Gasteiger partial charge in [0.05, 0.1) is 11.6 Å². The monoisotopic (exact) mass is 377 g/mol. The van der Waals surface area contributed by atoms with Crippen LogP contribution in [0, 0.1) is 0 Å². The third-order valence-corrected chi connectivity index (χ3v) is 4.09. The molecule has 2 aromatic carbocycles. The second-order valence-corrected chi connectivity index (χ2v) is 6.06. The summed E-state index contributed by atoms with van der Waals surface area (Å²) >= 11 is 0. The standard InChI is InChI=1S/C20H18F3NO3/c1-13(15-7-8-17-18(11-15)27-10-9-26-17)24-19(25)12-16(20(21,22)23)14-5-3-2-4-6-14/h2-8,11-13H,9-10H2,1H3,(H,24,25)/b16-12-. The third-order valence-electron chi connectivity index (χ3n) is 4.09. The first kappa shape index (κ1) is 18.8. The van der Waals surface area contributed by atoms with Crippen molar-refractivity contribution in [1.29, 1.82) is 0 Å². The van der Waals surface area contributed by atoms with Crippen LogP contribution < -0.4 is 14.8 Å². The van der Waals surface area contributed by atoms with E-state index in [2.05, 4.69) is 5.32 Å². The molecule has 0 aromatic heterocycles. The smallest absolute Gasteiger partial charge is 0.417 e. The number of amides is 1. The lowest BCUT2D eigenvalue weighted by atomic mass is 10.0. The summed E-state index contributed by atoms with van der Waals surface area (Å²) in [5.41, 5.74) is -0.351. The van der Waals surface area contributed by atoms with E-state index in [1.165, 1.54) is 24.3 Å². The molecule has 27 heavy (non-hydrogen) atoms. The van der Waals surface area contributed by atoms with Gasteiger partial charge in [-0.3, -0.25) is 4.79 Å². The maximum Gasteiger partial charge on any atom is 0.417 e. The Morgan fingerprint density at radius 2 is 1.74 bits per heavy atom. The lowest BCUT2D eigenvalue weighted by molar-refractivity contribution is -0.117. The van der Waals surface area contributed by atoms with Crippen LogP contribution in [0.1, 0.15) is 24.1 Å². The Morgan fingerprint density at radius 3 is 2.41 bits per heavy atom. The van der Waals surface area contributed by atoms with E-state index in [1.54, 1.807) is 31.2 Å². The van der Waals surface area contributed by atoms with Crippen molar-refractivity contribution in [2.45, 2.75) is 19.1 Å². The van der Waals surface area contributed by atoms with Crippen molar-refractivity contribution >= 4 is 11.5 Å². The molecule has 1 unspecified atom stereocenters. The first-order valence-electron chi connectivity index (χ1n) is 8.39. The minimum atomic E-state index is -4.64. The predicted octanol–water partition coefficient (Wildman–Crippen LogP) is 4.28. The molecule has 0 saturated carbocycles. The number of carbonyl (C=O) groups excluding carboxylic acids is 1. The third kappa shape index (κ3) is 4.61. The summed E-state index contributed by atoms with van der Waals surface area (Å²) in [6.07, 6.45) is -4.05. The van der Waals surface area contributed by atoms with Gasteiger partial charge in [-0.2, -0.15) is 13.2 Å². The molecular weight excluding hydrogens is 359 g/mol. The van der Waals surface area contributed by atoms with Gasteiger partial charge in [-0.05, 0) is 30.2 Å². The molecule has 0 bridgehead atoms. The molecular formula is C20H18F3NO3. The van der Waals surface area contributed by atoms with Gasteiger partial charge in [0.25, 0.3) is 0 Å². The van der Waals surface area contributed by atoms with E-state index < -0.39 is 23.7 Å². The summed E-state index contributed by atoms with van der Waals surface area (Å²) in [6.45, 7) is 2.57. The van der Waals surface area contributed by atoms with E-state index in [0.29, 0.717) is 36.4 Å². The van der Waals surface area contributed by atoms with Gasteiger partial charge >= 0.3 is 6.18 Å². The Morgan fingerprint density at radius 1 is 1.07 bits per heavy atom. The Kier molecular flexibility index (Phi) is 5.39. The number of nitrogens with one attached hydrogen (secondary N) is 1. The predicted molar refractivity (Wildman–Crippen MR) is 94.5 cm³/mol. The fourth-order valence-electron chi connectivity index (χ4n) is 2.75. The molecule has 1 N–H and O–H groups in total. The summed E-state index contributed by atoms with van der Waals surface area (Å²) in [6, 6.07) is 11.9. The summed E-state index contributed by atoms with van der Waals surface area (Å²) in [5.74, 6) is 0.330. The van der Waals surface area contributed by atoms with Gasteiger partial charge < -0.3 is 14.8 Å². The molecule has 0 spiro atoms. The van der Waals surface area contributed by atoms with Crippen LogP contribution in [-0.2, 0) is 4.79 Å². The molecule has 0 aliphatic carbocycles. The molecule has 0 radical (unpaired) electrons. The van der Waals surface area contributed by atoms with Crippen LogP contribution in [-0.4, -0.2) is 25.3 Å². The Hall–Kier alpha value is -2.96. The van der Waals surface area contributed by atoms with Gasteiger partial charge in [-0.15, -0.1) is 0 Å². The Balaban J connectivity index is 1.78. The van der Waals surface area contributed by atoms with Crippen molar-refractivity contribution in [2.24, 2.45) is 0 Å². The first-order valence-corrected chi connectivity index (χ1v) is 8.39. The number of rotatable bonds is 4. The molecule has 0 saturated heterocycles. The summed E-state index contributed by atoms with van der Waals surface area (Å²) in [7, 11) is 0. The molecule has 4 nitrogen and oxygen atoms in total. The molecule has 1 heterocycles. The van der Waals surface area contributed by atoms with Gasteiger partial charge in [-0.1, -0.05) is 36.4 Å². The summed E-state index contributed by atoms with van der Waals surface area (Å²) < 4.78 is 50.9. The van der Waals surface area contributed by atoms with E-state index in [-0.39, 0.29) is 5.56 Å². The van der Waals surface area contributed by atoms with Gasteiger partial charge in [0.15, 0.2) is 11.5 Å². The Bertz CT molecular complexity index is 847. The lowest BCUT2D eigenvalue weighted by Crippen LogP contribution is -2.26. The van der Waals surface area contributed by atoms with Crippen LogP contribution in [0.4, 0.5) is 13.2 Å². The molecule has 0 fully saturated rings. The second kappa shape index (κ2) is 7.73. The van der Waals surface area contributed by atoms with E-state index in [9.17, 15) is 18.0 Å². The maximum atomic E-state index is 13.3. The highest BCUT2D eigenvalue weighted by molar-refractivity contribution is 5.96. The van der Waals surface area contributed by atoms with Crippen LogP contribution in [0.3, 0.4) is 0 Å². The second-order valence-electron chi connectivity index (χ2n) is 6.06. The first-order chi connectivity index (χ1) is 12.8. The molecule has 2 aromatic rings. The molecule has 1 atom stereocenters. The van der Waals surface area contributed by atoms with Crippen molar-refractivity contribution in [3.8, 4) is 11.5 Å². The molecule has 3 rings (SSSR count). The molecule has 1 aliphatic rings. The topological polar surface area (TPSA) is 47.6 Å². The molecule has 142 valence electrons. The normalized spacial score (nSPS) is 15.2. The van der Waals surface area contributed by atoms with Crippen molar-refractivity contribution < 1.29 is 27.4 Å². The van der Waals surface area contributed by atoms with Gasteiger partial charge in [0.1, 0.15) is 13.2 Å². The number of ether oxygens (including phenoxy) is 2. The number of halogens is 3. The SMILES string of the molecule is CC(NC(=O)/C=C(/c1ccccc1)C(F)(F)F)c1ccc2c(c1)OCCO2. The average molecular weight is 377 g/mol. The van der Waals surface area contributed by atoms with Crippen molar-refractivity contribution in [3.63, 3.8) is 0 Å². The zero-order chi connectivity index (χ0) is 19.4. The number of hydrogen-bond donors (Lipinski definition) is 1. The highest BCUT2D eigenvalue weighted by Crippen LogP contribution is 2.34. The van der Waals surface area contributed by atoms with Crippen molar-refractivity contribution in [1.82, 2.24) is 5.32 Å². The summed E-state index contributed by atoms with van der Waals surface area (Å²) in [4.78, 5) is 12.2.